The van der Waals surface area contributed by atoms with E-state index < -0.39 is 18.1 Å². The minimum Gasteiger partial charge on any atom is -0.383 e. The molecule has 0 radical (unpaired) electrons. The summed E-state index contributed by atoms with van der Waals surface area (Å²) < 4.78 is 15.6. The highest BCUT2D eigenvalue weighted by Crippen LogP contribution is 2.30. The maximum atomic E-state index is 13.2. The molecule has 0 aliphatic rings. The Morgan fingerprint density at radius 2 is 1.87 bits per heavy atom. The van der Waals surface area contributed by atoms with Gasteiger partial charge in [-0.15, -0.1) is 0 Å². The SMILES string of the molecule is CC(C)c1cc(C(=O)Nc2ccc(-c3nn(CCF)c4ncnc(N)c34)cc2)c(=O)n(-c2ccc(Cl)cn2)n1. The van der Waals surface area contributed by atoms with E-state index in [1.54, 1.807) is 36.4 Å². The van der Waals surface area contributed by atoms with Gasteiger partial charge in [0.2, 0.25) is 0 Å². The molecule has 39 heavy (non-hydrogen) atoms. The number of anilines is 2. The van der Waals surface area contributed by atoms with Gasteiger partial charge in [0.25, 0.3) is 11.5 Å². The van der Waals surface area contributed by atoms with Crippen molar-refractivity contribution in [3.05, 3.63) is 81.6 Å². The first kappa shape index (κ1) is 25.9. The Balaban J connectivity index is 1.47. The summed E-state index contributed by atoms with van der Waals surface area (Å²) >= 11 is 5.93. The molecule has 0 unspecified atom stereocenters. The van der Waals surface area contributed by atoms with Crippen LogP contribution in [0, 0.1) is 0 Å². The van der Waals surface area contributed by atoms with Crippen LogP contribution in [0.15, 0.2) is 59.8 Å². The van der Waals surface area contributed by atoms with Crippen molar-refractivity contribution in [3.63, 3.8) is 0 Å². The Kier molecular flexibility index (Phi) is 7.03. The van der Waals surface area contributed by atoms with Gasteiger partial charge in [0.05, 0.1) is 22.6 Å². The standard InChI is InChI=1S/C26H23ClFN9O2/c1-14(2)19-11-18(26(39)37(34-19)20-8-5-16(27)12-30-20)25(38)33-17-6-3-15(4-7-17)22-21-23(29)31-13-32-24(21)36(35-22)10-9-28/h3-8,11-14H,9-10H2,1-2H3,(H,33,38)(H2,29,31,32). The van der Waals surface area contributed by atoms with Gasteiger partial charge in [0, 0.05) is 17.4 Å². The van der Waals surface area contributed by atoms with E-state index in [-0.39, 0.29) is 29.7 Å². The molecule has 0 fully saturated rings. The minimum absolute atomic E-state index is 0.0223. The van der Waals surface area contributed by atoms with Crippen molar-refractivity contribution in [3.8, 4) is 17.1 Å². The summed E-state index contributed by atoms with van der Waals surface area (Å²) in [5.41, 5.74) is 7.93. The van der Waals surface area contributed by atoms with Crippen molar-refractivity contribution in [2.75, 3.05) is 17.7 Å². The summed E-state index contributed by atoms with van der Waals surface area (Å²) in [6.07, 6.45) is 2.70. The lowest BCUT2D eigenvalue weighted by Crippen LogP contribution is -2.31. The number of hydrogen-bond acceptors (Lipinski definition) is 8. The van der Waals surface area contributed by atoms with Gasteiger partial charge >= 0.3 is 0 Å². The zero-order valence-corrected chi connectivity index (χ0v) is 21.7. The maximum Gasteiger partial charge on any atom is 0.285 e. The van der Waals surface area contributed by atoms with Crippen LogP contribution in [0.5, 0.6) is 0 Å². The van der Waals surface area contributed by atoms with Gasteiger partial charge < -0.3 is 11.1 Å². The molecule has 0 aliphatic heterocycles. The first-order valence-corrected chi connectivity index (χ1v) is 12.4. The fourth-order valence-corrected chi connectivity index (χ4v) is 4.10. The van der Waals surface area contributed by atoms with Crippen LogP contribution in [0.2, 0.25) is 5.02 Å². The number of pyridine rings is 1. The summed E-state index contributed by atoms with van der Waals surface area (Å²) in [5.74, 6) is -0.191. The second kappa shape index (κ2) is 10.6. The lowest BCUT2D eigenvalue weighted by Gasteiger charge is -2.12. The zero-order valence-electron chi connectivity index (χ0n) is 21.0. The lowest BCUT2D eigenvalue weighted by atomic mass is 10.1. The fraction of sp³-hybridized carbons (Fsp3) is 0.192. The van der Waals surface area contributed by atoms with E-state index in [2.05, 4.69) is 30.5 Å². The van der Waals surface area contributed by atoms with Crippen LogP contribution in [0.1, 0.15) is 35.8 Å². The van der Waals surface area contributed by atoms with E-state index >= 15 is 0 Å². The average molecular weight is 548 g/mol. The molecule has 1 amide bonds. The van der Waals surface area contributed by atoms with Crippen LogP contribution in [-0.2, 0) is 6.54 Å². The number of nitrogens with one attached hydrogen (secondary N) is 1. The average Bonchev–Trinajstić information content (AvgIpc) is 3.29. The molecule has 0 saturated heterocycles. The molecule has 5 aromatic rings. The summed E-state index contributed by atoms with van der Waals surface area (Å²) in [5, 5.41) is 12.5. The van der Waals surface area contributed by atoms with Crippen molar-refractivity contribution in [1.29, 1.82) is 0 Å². The van der Waals surface area contributed by atoms with Crippen LogP contribution >= 0.6 is 11.6 Å². The quantitative estimate of drug-likeness (QED) is 0.310. The number of carbonyl (C=O) groups is 1. The van der Waals surface area contributed by atoms with Crippen molar-refractivity contribution >= 4 is 40.0 Å². The monoisotopic (exact) mass is 547 g/mol. The van der Waals surface area contributed by atoms with E-state index in [9.17, 15) is 14.0 Å². The zero-order chi connectivity index (χ0) is 27.7. The first-order valence-electron chi connectivity index (χ1n) is 12.0. The molecule has 3 N–H and O–H groups in total. The second-order valence-corrected chi connectivity index (χ2v) is 9.38. The number of aryl methyl sites for hydroxylation is 1. The third-order valence-electron chi connectivity index (χ3n) is 5.97. The van der Waals surface area contributed by atoms with Crippen LogP contribution in [-0.4, -0.2) is 47.1 Å². The number of halogens is 2. The molecule has 0 aliphatic carbocycles. The number of nitrogen functional groups attached to an aromatic ring is 1. The molecule has 0 bridgehead atoms. The molecule has 0 atom stereocenters. The van der Waals surface area contributed by atoms with Crippen LogP contribution in [0.25, 0.3) is 28.1 Å². The van der Waals surface area contributed by atoms with Gasteiger partial charge in [-0.3, -0.25) is 9.59 Å². The Hall–Kier alpha value is -4.71. The van der Waals surface area contributed by atoms with Crippen molar-refractivity contribution in [1.82, 2.24) is 34.5 Å². The number of aromatic nitrogens is 7. The predicted octanol–water partition coefficient (Wildman–Crippen LogP) is 4.02. The minimum atomic E-state index is -0.622. The number of nitrogens with zero attached hydrogens (tertiary/aromatic N) is 7. The highest BCUT2D eigenvalue weighted by Gasteiger charge is 2.20. The normalized spacial score (nSPS) is 11.3. The number of amides is 1. The molecule has 4 heterocycles. The van der Waals surface area contributed by atoms with Crippen LogP contribution in [0.3, 0.4) is 0 Å². The van der Waals surface area contributed by atoms with Gasteiger partial charge in [-0.1, -0.05) is 37.6 Å². The third kappa shape index (κ3) is 5.06. The molecule has 0 spiro atoms. The summed E-state index contributed by atoms with van der Waals surface area (Å²) in [6.45, 7) is 3.22. The van der Waals surface area contributed by atoms with E-state index in [0.29, 0.717) is 38.7 Å². The van der Waals surface area contributed by atoms with Crippen LogP contribution in [0.4, 0.5) is 15.9 Å². The van der Waals surface area contributed by atoms with Crippen molar-refractivity contribution in [2.45, 2.75) is 26.3 Å². The van der Waals surface area contributed by atoms with E-state index in [4.69, 9.17) is 17.3 Å². The molecule has 13 heteroatoms. The molecule has 0 saturated carbocycles. The van der Waals surface area contributed by atoms with Gasteiger partial charge in [0.15, 0.2) is 11.5 Å². The van der Waals surface area contributed by atoms with Gasteiger partial charge in [-0.2, -0.15) is 14.9 Å². The number of carbonyl (C=O) groups excluding carboxylic acids is 1. The summed E-state index contributed by atoms with van der Waals surface area (Å²) in [4.78, 5) is 38.8. The molecule has 1 aromatic carbocycles. The maximum absolute atomic E-state index is 13.2. The summed E-state index contributed by atoms with van der Waals surface area (Å²) in [6, 6.07) is 11.4. The number of nitrogens with two attached hydrogens (primary N) is 1. The molecule has 5 rings (SSSR count). The van der Waals surface area contributed by atoms with E-state index in [0.717, 1.165) is 4.68 Å². The second-order valence-electron chi connectivity index (χ2n) is 8.94. The smallest absolute Gasteiger partial charge is 0.285 e. The topological polar surface area (TPSA) is 146 Å². The number of hydrogen-bond donors (Lipinski definition) is 2. The highest BCUT2D eigenvalue weighted by atomic mass is 35.5. The van der Waals surface area contributed by atoms with E-state index in [1.165, 1.54) is 23.3 Å². The third-order valence-corrected chi connectivity index (χ3v) is 6.19. The van der Waals surface area contributed by atoms with Crippen molar-refractivity contribution < 1.29 is 9.18 Å². The summed E-state index contributed by atoms with van der Waals surface area (Å²) in [7, 11) is 0. The molecule has 198 valence electrons. The number of benzene rings is 1. The van der Waals surface area contributed by atoms with Gasteiger partial charge in [-0.05, 0) is 36.2 Å². The van der Waals surface area contributed by atoms with Gasteiger partial charge in [-0.25, -0.2) is 24.0 Å². The number of rotatable bonds is 7. The van der Waals surface area contributed by atoms with Crippen molar-refractivity contribution in [2.24, 2.45) is 0 Å². The highest BCUT2D eigenvalue weighted by molar-refractivity contribution is 6.30. The number of alkyl halides is 1. The Bertz CT molecular complexity index is 1730. The largest absolute Gasteiger partial charge is 0.383 e. The Morgan fingerprint density at radius 1 is 1.10 bits per heavy atom. The molecule has 11 nitrogen and oxygen atoms in total. The first-order chi connectivity index (χ1) is 18.8. The van der Waals surface area contributed by atoms with Gasteiger partial charge in [0.1, 0.15) is 30.1 Å². The van der Waals surface area contributed by atoms with E-state index in [1.807, 2.05) is 13.8 Å². The predicted molar refractivity (Wildman–Crippen MR) is 146 cm³/mol. The molecular weight excluding hydrogens is 525 g/mol. The lowest BCUT2D eigenvalue weighted by molar-refractivity contribution is 0.102. The Labute approximate surface area is 226 Å². The Morgan fingerprint density at radius 3 is 2.54 bits per heavy atom. The fourth-order valence-electron chi connectivity index (χ4n) is 3.99. The molecule has 4 aromatic heterocycles. The van der Waals surface area contributed by atoms with Crippen LogP contribution < -0.4 is 16.6 Å². The molecular formula is C26H23ClFN9O2. The number of fused-ring (bicyclic) bond motifs is 1.